The average Bonchev–Trinajstić information content (AvgIpc) is 2.31. The predicted molar refractivity (Wildman–Crippen MR) is 73.8 cm³/mol. The molecule has 0 saturated heterocycles. The maximum atomic E-state index is 5.92. The summed E-state index contributed by atoms with van der Waals surface area (Å²) in [5.41, 5.74) is 6.63. The van der Waals surface area contributed by atoms with Crippen molar-refractivity contribution in [3.05, 3.63) is 18.2 Å². The minimum atomic E-state index is -0.0827. The molecule has 17 heavy (non-hydrogen) atoms. The van der Waals surface area contributed by atoms with Crippen LogP contribution in [0.25, 0.3) is 0 Å². The molecule has 0 unspecified atom stereocenters. The first-order valence-corrected chi connectivity index (χ1v) is 6.58. The van der Waals surface area contributed by atoms with E-state index in [-0.39, 0.29) is 5.60 Å². The van der Waals surface area contributed by atoms with Gasteiger partial charge in [-0.05, 0) is 38.5 Å². The summed E-state index contributed by atoms with van der Waals surface area (Å²) >= 11 is 1.73. The third-order valence-electron chi connectivity index (χ3n) is 2.74. The number of thioether (sulfide) groups is 1. The fourth-order valence-electron chi connectivity index (χ4n) is 1.28. The van der Waals surface area contributed by atoms with E-state index in [4.69, 9.17) is 15.2 Å². The lowest BCUT2D eigenvalue weighted by Gasteiger charge is -2.22. The molecule has 0 saturated carbocycles. The van der Waals surface area contributed by atoms with Gasteiger partial charge in [-0.25, -0.2) is 0 Å². The standard InChI is InChI=1S/C13H21NO2S/c1-13(2,16-4)7-8-17-12-9-10(15-3)5-6-11(12)14/h5-6,9H,7-8,14H2,1-4H3. The van der Waals surface area contributed by atoms with E-state index in [0.29, 0.717) is 0 Å². The molecule has 0 fully saturated rings. The van der Waals surface area contributed by atoms with Crippen LogP contribution in [0, 0.1) is 0 Å². The molecule has 0 heterocycles. The minimum Gasteiger partial charge on any atom is -0.497 e. The first-order valence-electron chi connectivity index (χ1n) is 5.60. The first kappa shape index (κ1) is 14.2. The number of nitrogens with two attached hydrogens (primary N) is 1. The van der Waals surface area contributed by atoms with Crippen molar-refractivity contribution < 1.29 is 9.47 Å². The second-order valence-corrected chi connectivity index (χ2v) is 5.60. The van der Waals surface area contributed by atoms with Crippen LogP contribution in [0.1, 0.15) is 20.3 Å². The highest BCUT2D eigenvalue weighted by molar-refractivity contribution is 7.99. The van der Waals surface area contributed by atoms with Gasteiger partial charge < -0.3 is 15.2 Å². The Hall–Kier alpha value is -0.870. The molecule has 0 aromatic heterocycles. The number of anilines is 1. The molecule has 0 bridgehead atoms. The van der Waals surface area contributed by atoms with Crippen LogP contribution in [-0.2, 0) is 4.74 Å². The lowest BCUT2D eigenvalue weighted by Crippen LogP contribution is -2.22. The van der Waals surface area contributed by atoms with Gasteiger partial charge in [-0.2, -0.15) is 0 Å². The zero-order valence-electron chi connectivity index (χ0n) is 10.9. The third-order valence-corrected chi connectivity index (χ3v) is 3.81. The number of hydrogen-bond acceptors (Lipinski definition) is 4. The molecular formula is C13H21NO2S. The Kier molecular flexibility index (Phi) is 5.15. The summed E-state index contributed by atoms with van der Waals surface area (Å²) in [5, 5.41) is 0. The van der Waals surface area contributed by atoms with Crippen molar-refractivity contribution in [1.82, 2.24) is 0 Å². The maximum absolute atomic E-state index is 5.92. The Morgan fingerprint density at radius 2 is 2.00 bits per heavy atom. The Labute approximate surface area is 108 Å². The second kappa shape index (κ2) is 6.17. The van der Waals surface area contributed by atoms with Crippen LogP contribution in [0.15, 0.2) is 23.1 Å². The summed E-state index contributed by atoms with van der Waals surface area (Å²) in [6, 6.07) is 5.72. The van der Waals surface area contributed by atoms with Crippen LogP contribution in [0.2, 0.25) is 0 Å². The highest BCUT2D eigenvalue weighted by Crippen LogP contribution is 2.30. The van der Waals surface area contributed by atoms with Gasteiger partial charge in [0.15, 0.2) is 0 Å². The van der Waals surface area contributed by atoms with Crippen molar-refractivity contribution in [3.63, 3.8) is 0 Å². The van der Waals surface area contributed by atoms with E-state index in [1.54, 1.807) is 26.0 Å². The number of benzene rings is 1. The molecular weight excluding hydrogens is 234 g/mol. The molecule has 0 radical (unpaired) electrons. The lowest BCUT2D eigenvalue weighted by molar-refractivity contribution is 0.0207. The van der Waals surface area contributed by atoms with E-state index < -0.39 is 0 Å². The first-order chi connectivity index (χ1) is 7.98. The average molecular weight is 255 g/mol. The summed E-state index contributed by atoms with van der Waals surface area (Å²) in [5.74, 6) is 1.81. The van der Waals surface area contributed by atoms with Gasteiger partial charge in [-0.1, -0.05) is 0 Å². The fourth-order valence-corrected chi connectivity index (χ4v) is 2.52. The zero-order valence-corrected chi connectivity index (χ0v) is 11.8. The van der Waals surface area contributed by atoms with E-state index >= 15 is 0 Å². The highest BCUT2D eigenvalue weighted by atomic mass is 32.2. The predicted octanol–water partition coefficient (Wildman–Crippen LogP) is 3.18. The van der Waals surface area contributed by atoms with Crippen LogP contribution in [0.3, 0.4) is 0 Å². The van der Waals surface area contributed by atoms with Gasteiger partial charge >= 0.3 is 0 Å². The van der Waals surface area contributed by atoms with Gasteiger partial charge in [0.05, 0.1) is 12.7 Å². The Balaban J connectivity index is 2.57. The van der Waals surface area contributed by atoms with Gasteiger partial charge in [-0.15, -0.1) is 11.8 Å². The molecule has 1 rings (SSSR count). The van der Waals surface area contributed by atoms with Crippen molar-refractivity contribution in [2.24, 2.45) is 0 Å². The van der Waals surface area contributed by atoms with E-state index in [2.05, 4.69) is 13.8 Å². The van der Waals surface area contributed by atoms with Crippen molar-refractivity contribution in [2.75, 3.05) is 25.7 Å². The third kappa shape index (κ3) is 4.48. The van der Waals surface area contributed by atoms with Crippen LogP contribution >= 0.6 is 11.8 Å². The van der Waals surface area contributed by atoms with Crippen LogP contribution in [0.5, 0.6) is 5.75 Å². The smallest absolute Gasteiger partial charge is 0.120 e. The van der Waals surface area contributed by atoms with Gasteiger partial charge in [0, 0.05) is 23.4 Å². The SMILES string of the molecule is COc1ccc(N)c(SCCC(C)(C)OC)c1. The summed E-state index contributed by atoms with van der Waals surface area (Å²) < 4.78 is 10.6. The highest BCUT2D eigenvalue weighted by Gasteiger charge is 2.16. The molecule has 0 spiro atoms. The summed E-state index contributed by atoms with van der Waals surface area (Å²) in [4.78, 5) is 1.07. The molecule has 1 aromatic rings. The largest absolute Gasteiger partial charge is 0.497 e. The zero-order chi connectivity index (χ0) is 12.9. The van der Waals surface area contributed by atoms with E-state index in [0.717, 1.165) is 28.5 Å². The number of methoxy groups -OCH3 is 2. The molecule has 2 N–H and O–H groups in total. The lowest BCUT2D eigenvalue weighted by atomic mass is 10.1. The molecule has 0 aliphatic rings. The van der Waals surface area contributed by atoms with Crippen LogP contribution in [-0.4, -0.2) is 25.6 Å². The van der Waals surface area contributed by atoms with Crippen molar-refractivity contribution in [1.29, 1.82) is 0 Å². The summed E-state index contributed by atoms with van der Waals surface area (Å²) in [6.07, 6.45) is 0.977. The number of ether oxygens (including phenoxy) is 2. The number of hydrogen-bond donors (Lipinski definition) is 1. The maximum Gasteiger partial charge on any atom is 0.120 e. The molecule has 96 valence electrons. The van der Waals surface area contributed by atoms with Crippen molar-refractivity contribution >= 4 is 17.4 Å². The molecule has 0 atom stereocenters. The van der Waals surface area contributed by atoms with Crippen LogP contribution in [0.4, 0.5) is 5.69 Å². The minimum absolute atomic E-state index is 0.0827. The number of nitrogen functional groups attached to an aromatic ring is 1. The van der Waals surface area contributed by atoms with E-state index in [9.17, 15) is 0 Å². The molecule has 0 aliphatic heterocycles. The molecule has 3 nitrogen and oxygen atoms in total. The normalized spacial score (nSPS) is 11.5. The van der Waals surface area contributed by atoms with E-state index in [1.807, 2.05) is 18.2 Å². The summed E-state index contributed by atoms with van der Waals surface area (Å²) in [6.45, 7) is 4.17. The second-order valence-electron chi connectivity index (χ2n) is 4.47. The monoisotopic (exact) mass is 255 g/mol. The van der Waals surface area contributed by atoms with E-state index in [1.165, 1.54) is 0 Å². The van der Waals surface area contributed by atoms with Crippen LogP contribution < -0.4 is 10.5 Å². The molecule has 0 amide bonds. The van der Waals surface area contributed by atoms with Crippen molar-refractivity contribution in [2.45, 2.75) is 30.8 Å². The van der Waals surface area contributed by atoms with Gasteiger partial charge in [0.25, 0.3) is 0 Å². The molecule has 1 aromatic carbocycles. The molecule has 0 aliphatic carbocycles. The van der Waals surface area contributed by atoms with Gasteiger partial charge in [-0.3, -0.25) is 0 Å². The van der Waals surface area contributed by atoms with Gasteiger partial charge in [0.2, 0.25) is 0 Å². The topological polar surface area (TPSA) is 44.5 Å². The van der Waals surface area contributed by atoms with Crippen molar-refractivity contribution in [3.8, 4) is 5.75 Å². The number of rotatable bonds is 6. The Bertz CT molecular complexity index is 366. The molecule has 4 heteroatoms. The Morgan fingerprint density at radius 3 is 2.59 bits per heavy atom. The summed E-state index contributed by atoms with van der Waals surface area (Å²) in [7, 11) is 3.40. The quantitative estimate of drug-likeness (QED) is 0.626. The van der Waals surface area contributed by atoms with Gasteiger partial charge in [0.1, 0.15) is 5.75 Å². The fraction of sp³-hybridized carbons (Fsp3) is 0.538. The Morgan fingerprint density at radius 1 is 1.29 bits per heavy atom.